The Morgan fingerprint density at radius 1 is 1.29 bits per heavy atom. The topological polar surface area (TPSA) is 90.1 Å². The van der Waals surface area contributed by atoms with Gasteiger partial charge in [-0.3, -0.25) is 9.78 Å². The van der Waals surface area contributed by atoms with Gasteiger partial charge in [0.2, 0.25) is 17.6 Å². The summed E-state index contributed by atoms with van der Waals surface area (Å²) in [5.41, 5.74) is 1.45. The number of anilines is 1. The lowest BCUT2D eigenvalue weighted by Crippen LogP contribution is -2.12. The van der Waals surface area contributed by atoms with Crippen LogP contribution in [0, 0.1) is 0 Å². The molecule has 3 aromatic rings. The zero-order valence-corrected chi connectivity index (χ0v) is 13.1. The van der Waals surface area contributed by atoms with Crippen molar-refractivity contribution in [2.24, 2.45) is 0 Å². The molecule has 0 saturated carbocycles. The molecule has 1 amide bonds. The highest BCUT2D eigenvalue weighted by Crippen LogP contribution is 2.17. The van der Waals surface area contributed by atoms with E-state index < -0.39 is 0 Å². The average Bonchev–Trinajstić information content (AvgIpc) is 3.10. The summed E-state index contributed by atoms with van der Waals surface area (Å²) in [6.45, 7) is 0. The van der Waals surface area contributed by atoms with Crippen molar-refractivity contribution in [3.63, 3.8) is 0 Å². The maximum Gasteiger partial charge on any atom is 0.227 e. The van der Waals surface area contributed by atoms with Crippen molar-refractivity contribution in [3.8, 4) is 17.1 Å². The third-order valence-electron chi connectivity index (χ3n) is 3.31. The Morgan fingerprint density at radius 2 is 2.21 bits per heavy atom. The minimum absolute atomic E-state index is 0.135. The van der Waals surface area contributed by atoms with Crippen LogP contribution in [-0.4, -0.2) is 28.1 Å². The first-order valence-corrected chi connectivity index (χ1v) is 7.41. The molecule has 0 spiro atoms. The number of benzene rings is 1. The van der Waals surface area contributed by atoms with Gasteiger partial charge in [-0.2, -0.15) is 4.98 Å². The van der Waals surface area contributed by atoms with Crippen molar-refractivity contribution in [1.29, 1.82) is 0 Å². The summed E-state index contributed by atoms with van der Waals surface area (Å²) in [6.07, 6.45) is 3.94. The summed E-state index contributed by atoms with van der Waals surface area (Å²) >= 11 is 0. The van der Waals surface area contributed by atoms with Crippen LogP contribution in [0.25, 0.3) is 11.4 Å². The summed E-state index contributed by atoms with van der Waals surface area (Å²) in [5, 5.41) is 6.70. The molecular formula is C17H16N4O3. The maximum absolute atomic E-state index is 12.0. The number of hydrogen-bond acceptors (Lipinski definition) is 6. The molecule has 0 bridgehead atoms. The molecule has 7 nitrogen and oxygen atoms in total. The smallest absolute Gasteiger partial charge is 0.227 e. The van der Waals surface area contributed by atoms with Crippen LogP contribution in [0.5, 0.6) is 5.75 Å². The minimum Gasteiger partial charge on any atom is -0.497 e. The van der Waals surface area contributed by atoms with Crippen molar-refractivity contribution >= 4 is 11.6 Å². The SMILES string of the molecule is COc1cccc(NC(=O)CCc2nc(-c3cccnc3)no2)c1. The highest BCUT2D eigenvalue weighted by atomic mass is 16.5. The van der Waals surface area contributed by atoms with Gasteiger partial charge in [0, 0.05) is 42.6 Å². The zero-order chi connectivity index (χ0) is 16.8. The van der Waals surface area contributed by atoms with Crippen molar-refractivity contribution in [2.75, 3.05) is 12.4 Å². The van der Waals surface area contributed by atoms with Crippen LogP contribution in [0.4, 0.5) is 5.69 Å². The summed E-state index contributed by atoms with van der Waals surface area (Å²) < 4.78 is 10.3. The Labute approximate surface area is 138 Å². The molecule has 2 heterocycles. The van der Waals surface area contributed by atoms with E-state index in [0.717, 1.165) is 5.56 Å². The Morgan fingerprint density at radius 3 is 3.00 bits per heavy atom. The molecule has 7 heteroatoms. The molecular weight excluding hydrogens is 308 g/mol. The summed E-state index contributed by atoms with van der Waals surface area (Å²) in [4.78, 5) is 20.3. The summed E-state index contributed by atoms with van der Waals surface area (Å²) in [5.74, 6) is 1.43. The molecule has 1 N–H and O–H groups in total. The number of ether oxygens (including phenoxy) is 1. The fourth-order valence-corrected chi connectivity index (χ4v) is 2.11. The van der Waals surface area contributed by atoms with Crippen molar-refractivity contribution in [3.05, 3.63) is 54.7 Å². The highest BCUT2D eigenvalue weighted by Gasteiger charge is 2.11. The molecule has 0 aliphatic heterocycles. The minimum atomic E-state index is -0.135. The summed E-state index contributed by atoms with van der Waals surface area (Å²) in [6, 6.07) is 10.8. The second-order valence-corrected chi connectivity index (χ2v) is 5.03. The first-order valence-electron chi connectivity index (χ1n) is 7.41. The molecule has 0 atom stereocenters. The van der Waals surface area contributed by atoms with Gasteiger partial charge >= 0.3 is 0 Å². The third-order valence-corrected chi connectivity index (χ3v) is 3.31. The average molecular weight is 324 g/mol. The van der Waals surface area contributed by atoms with E-state index in [2.05, 4.69) is 20.4 Å². The van der Waals surface area contributed by atoms with Gasteiger partial charge in [0.25, 0.3) is 0 Å². The Bertz CT molecular complexity index is 817. The van der Waals surface area contributed by atoms with E-state index in [-0.39, 0.29) is 12.3 Å². The maximum atomic E-state index is 12.0. The standard InChI is InChI=1S/C17H16N4O3/c1-23-14-6-2-5-13(10-14)19-15(22)7-8-16-20-17(21-24-16)12-4-3-9-18-11-12/h2-6,9-11H,7-8H2,1H3,(H,19,22). The number of nitrogens with zero attached hydrogens (tertiary/aromatic N) is 3. The molecule has 0 unspecified atom stereocenters. The number of aryl methyl sites for hydroxylation is 1. The Hall–Kier alpha value is -3.22. The fraction of sp³-hybridized carbons (Fsp3) is 0.176. The van der Waals surface area contributed by atoms with Gasteiger partial charge in [-0.25, -0.2) is 0 Å². The molecule has 2 aromatic heterocycles. The molecule has 3 rings (SSSR count). The lowest BCUT2D eigenvalue weighted by Gasteiger charge is -2.06. The monoisotopic (exact) mass is 324 g/mol. The normalized spacial score (nSPS) is 10.4. The van der Waals surface area contributed by atoms with Crippen LogP contribution in [-0.2, 0) is 11.2 Å². The largest absolute Gasteiger partial charge is 0.497 e. The number of methoxy groups -OCH3 is 1. The molecule has 0 aliphatic carbocycles. The molecule has 0 radical (unpaired) electrons. The lowest BCUT2D eigenvalue weighted by molar-refractivity contribution is -0.116. The Kier molecular flexibility index (Phi) is 4.81. The van der Waals surface area contributed by atoms with E-state index in [1.54, 1.807) is 37.7 Å². The predicted molar refractivity (Wildman–Crippen MR) is 87.5 cm³/mol. The van der Waals surface area contributed by atoms with Gasteiger partial charge in [0.05, 0.1) is 7.11 Å². The Balaban J connectivity index is 1.56. The van der Waals surface area contributed by atoms with E-state index in [9.17, 15) is 4.79 Å². The van der Waals surface area contributed by atoms with Crippen molar-refractivity contribution in [1.82, 2.24) is 15.1 Å². The number of amides is 1. The van der Waals surface area contributed by atoms with Gasteiger partial charge in [-0.05, 0) is 24.3 Å². The van der Waals surface area contributed by atoms with E-state index >= 15 is 0 Å². The number of carbonyl (C=O) groups is 1. The zero-order valence-electron chi connectivity index (χ0n) is 13.1. The number of aromatic nitrogens is 3. The van der Waals surface area contributed by atoms with Crippen molar-refractivity contribution < 1.29 is 14.1 Å². The van der Waals surface area contributed by atoms with Crippen LogP contribution < -0.4 is 10.1 Å². The quantitative estimate of drug-likeness (QED) is 0.750. The van der Waals surface area contributed by atoms with Crippen LogP contribution in [0.2, 0.25) is 0 Å². The van der Waals surface area contributed by atoms with Gasteiger partial charge in [0.1, 0.15) is 5.75 Å². The van der Waals surface area contributed by atoms with E-state index in [0.29, 0.717) is 29.6 Å². The predicted octanol–water partition coefficient (Wildman–Crippen LogP) is 2.71. The number of carbonyl (C=O) groups excluding carboxylic acids is 1. The molecule has 0 saturated heterocycles. The van der Waals surface area contributed by atoms with Crippen molar-refractivity contribution in [2.45, 2.75) is 12.8 Å². The van der Waals surface area contributed by atoms with Crippen LogP contribution in [0.3, 0.4) is 0 Å². The second kappa shape index (κ2) is 7.36. The number of hydrogen-bond donors (Lipinski definition) is 1. The third kappa shape index (κ3) is 3.95. The second-order valence-electron chi connectivity index (χ2n) is 5.03. The first-order chi connectivity index (χ1) is 11.7. The van der Waals surface area contributed by atoms with Crippen LogP contribution in [0.1, 0.15) is 12.3 Å². The molecule has 0 fully saturated rings. The molecule has 122 valence electrons. The van der Waals surface area contributed by atoms with Gasteiger partial charge in [0.15, 0.2) is 0 Å². The molecule has 1 aromatic carbocycles. The number of rotatable bonds is 6. The van der Waals surface area contributed by atoms with Gasteiger partial charge in [-0.15, -0.1) is 0 Å². The van der Waals surface area contributed by atoms with Crippen LogP contribution >= 0.6 is 0 Å². The van der Waals surface area contributed by atoms with E-state index in [4.69, 9.17) is 9.26 Å². The van der Waals surface area contributed by atoms with Crippen LogP contribution in [0.15, 0.2) is 53.3 Å². The van der Waals surface area contributed by atoms with E-state index in [1.807, 2.05) is 18.2 Å². The fourth-order valence-electron chi connectivity index (χ4n) is 2.11. The van der Waals surface area contributed by atoms with Gasteiger partial charge < -0.3 is 14.6 Å². The first kappa shape index (κ1) is 15.7. The van der Waals surface area contributed by atoms with E-state index in [1.165, 1.54) is 0 Å². The number of pyridine rings is 1. The number of nitrogens with one attached hydrogen (secondary N) is 1. The van der Waals surface area contributed by atoms with Gasteiger partial charge in [-0.1, -0.05) is 11.2 Å². The molecule has 0 aliphatic rings. The summed E-state index contributed by atoms with van der Waals surface area (Å²) in [7, 11) is 1.58. The highest BCUT2D eigenvalue weighted by molar-refractivity contribution is 5.90. The lowest BCUT2D eigenvalue weighted by atomic mass is 10.2. The molecule has 24 heavy (non-hydrogen) atoms.